The first-order valence-corrected chi connectivity index (χ1v) is 7.46. The van der Waals surface area contributed by atoms with Crippen LogP contribution in [0.2, 0.25) is 0 Å². The van der Waals surface area contributed by atoms with E-state index in [9.17, 15) is 9.59 Å². The molecule has 0 radical (unpaired) electrons. The van der Waals surface area contributed by atoms with Crippen LogP contribution in [0.15, 0.2) is 24.3 Å². The van der Waals surface area contributed by atoms with Crippen molar-refractivity contribution in [1.29, 1.82) is 0 Å². The Morgan fingerprint density at radius 2 is 2.24 bits per heavy atom. The van der Waals surface area contributed by atoms with E-state index >= 15 is 0 Å². The van der Waals surface area contributed by atoms with Gasteiger partial charge in [0.15, 0.2) is 0 Å². The third-order valence-corrected chi connectivity index (χ3v) is 3.83. The second-order valence-electron chi connectivity index (χ2n) is 5.41. The molecule has 5 heteroatoms. The quantitative estimate of drug-likeness (QED) is 0.865. The zero-order chi connectivity index (χ0) is 15.2. The lowest BCUT2D eigenvalue weighted by molar-refractivity contribution is -0.129. The average Bonchev–Trinajstić information content (AvgIpc) is 2.99. The van der Waals surface area contributed by atoms with Crippen LogP contribution in [0.1, 0.15) is 25.8 Å². The Balaban J connectivity index is 2.00. The van der Waals surface area contributed by atoms with Crippen LogP contribution in [0.3, 0.4) is 0 Å². The van der Waals surface area contributed by atoms with Gasteiger partial charge in [0.05, 0.1) is 5.92 Å². The van der Waals surface area contributed by atoms with E-state index in [4.69, 9.17) is 0 Å². The third kappa shape index (κ3) is 4.29. The molecule has 1 aliphatic rings. The van der Waals surface area contributed by atoms with Gasteiger partial charge in [-0.15, -0.1) is 0 Å². The van der Waals surface area contributed by atoms with Gasteiger partial charge in [0.1, 0.15) is 0 Å². The number of hydrogen-bond donors (Lipinski definition) is 2. The second kappa shape index (κ2) is 7.22. The van der Waals surface area contributed by atoms with Crippen LogP contribution in [-0.4, -0.2) is 36.3 Å². The smallest absolute Gasteiger partial charge is 0.228 e. The lowest BCUT2D eigenvalue weighted by Gasteiger charge is -2.19. The molecule has 2 N–H and O–H groups in total. The molecule has 114 valence electrons. The Morgan fingerprint density at radius 1 is 1.43 bits per heavy atom. The molecule has 1 aromatic rings. The van der Waals surface area contributed by atoms with E-state index in [1.165, 1.54) is 0 Å². The molecule has 5 nitrogen and oxygen atoms in total. The van der Waals surface area contributed by atoms with Crippen molar-refractivity contribution in [1.82, 2.24) is 10.2 Å². The lowest BCUT2D eigenvalue weighted by atomic mass is 10.1. The standard InChI is InChI=1S/C16H23N3O2/c1-3-19(12(2)20)11-13-5-4-6-15(9-13)18-16(21)14-7-8-17-10-14/h4-6,9,14,17H,3,7-8,10-11H2,1-2H3,(H,18,21). The number of carbonyl (C=O) groups is 2. The Morgan fingerprint density at radius 3 is 2.86 bits per heavy atom. The van der Waals surface area contributed by atoms with Crippen LogP contribution in [0, 0.1) is 5.92 Å². The first kappa shape index (κ1) is 15.5. The minimum Gasteiger partial charge on any atom is -0.339 e. The maximum absolute atomic E-state index is 12.1. The van der Waals surface area contributed by atoms with Gasteiger partial charge < -0.3 is 15.5 Å². The van der Waals surface area contributed by atoms with Gasteiger partial charge in [-0.25, -0.2) is 0 Å². The Bertz CT molecular complexity index is 510. The molecule has 0 spiro atoms. The molecule has 0 aliphatic carbocycles. The summed E-state index contributed by atoms with van der Waals surface area (Å²) in [5, 5.41) is 6.15. The highest BCUT2D eigenvalue weighted by Gasteiger charge is 2.22. The minimum absolute atomic E-state index is 0.0537. The van der Waals surface area contributed by atoms with Crippen LogP contribution in [0.5, 0.6) is 0 Å². The van der Waals surface area contributed by atoms with Crippen LogP contribution in [0.25, 0.3) is 0 Å². The van der Waals surface area contributed by atoms with Gasteiger partial charge in [-0.1, -0.05) is 12.1 Å². The number of amides is 2. The molecule has 2 rings (SSSR count). The average molecular weight is 289 g/mol. The molecule has 0 aromatic heterocycles. The maximum Gasteiger partial charge on any atom is 0.228 e. The second-order valence-corrected chi connectivity index (χ2v) is 5.41. The molecule has 1 saturated heterocycles. The van der Waals surface area contributed by atoms with Crippen LogP contribution in [-0.2, 0) is 16.1 Å². The summed E-state index contributed by atoms with van der Waals surface area (Å²) in [6.45, 7) is 6.43. The molecule has 21 heavy (non-hydrogen) atoms. The number of rotatable bonds is 5. The Kier molecular flexibility index (Phi) is 5.33. The molecule has 0 bridgehead atoms. The summed E-state index contributed by atoms with van der Waals surface area (Å²) >= 11 is 0. The molecule has 0 saturated carbocycles. The Hall–Kier alpha value is -1.88. The normalized spacial score (nSPS) is 17.5. The van der Waals surface area contributed by atoms with E-state index in [1.54, 1.807) is 11.8 Å². The van der Waals surface area contributed by atoms with Crippen molar-refractivity contribution in [2.24, 2.45) is 5.92 Å². The zero-order valence-electron chi connectivity index (χ0n) is 12.7. The molecule has 1 unspecified atom stereocenters. The number of hydrogen-bond acceptors (Lipinski definition) is 3. The van der Waals surface area contributed by atoms with Crippen molar-refractivity contribution >= 4 is 17.5 Å². The van der Waals surface area contributed by atoms with Crippen LogP contribution >= 0.6 is 0 Å². The van der Waals surface area contributed by atoms with E-state index in [0.29, 0.717) is 13.1 Å². The molecular weight excluding hydrogens is 266 g/mol. The monoisotopic (exact) mass is 289 g/mol. The first-order valence-electron chi connectivity index (χ1n) is 7.46. The van der Waals surface area contributed by atoms with E-state index in [0.717, 1.165) is 30.8 Å². The Labute approximate surface area is 125 Å². The SMILES string of the molecule is CCN(Cc1cccc(NC(=O)C2CCNC2)c1)C(C)=O. The van der Waals surface area contributed by atoms with Crippen molar-refractivity contribution in [3.63, 3.8) is 0 Å². The fourth-order valence-electron chi connectivity index (χ4n) is 2.54. The molecule has 2 amide bonds. The van der Waals surface area contributed by atoms with E-state index in [1.807, 2.05) is 31.2 Å². The minimum atomic E-state index is 0.0537. The molecule has 1 fully saturated rings. The van der Waals surface area contributed by atoms with Crippen molar-refractivity contribution in [3.05, 3.63) is 29.8 Å². The largest absolute Gasteiger partial charge is 0.339 e. The van der Waals surface area contributed by atoms with Gasteiger partial charge >= 0.3 is 0 Å². The number of anilines is 1. The lowest BCUT2D eigenvalue weighted by Crippen LogP contribution is -2.28. The fraction of sp³-hybridized carbons (Fsp3) is 0.500. The third-order valence-electron chi connectivity index (χ3n) is 3.83. The van der Waals surface area contributed by atoms with Gasteiger partial charge in [-0.05, 0) is 37.6 Å². The van der Waals surface area contributed by atoms with E-state index in [2.05, 4.69) is 10.6 Å². The fourth-order valence-corrected chi connectivity index (χ4v) is 2.54. The highest BCUT2D eigenvalue weighted by Crippen LogP contribution is 2.16. The van der Waals surface area contributed by atoms with Crippen LogP contribution < -0.4 is 10.6 Å². The van der Waals surface area contributed by atoms with E-state index in [-0.39, 0.29) is 17.7 Å². The van der Waals surface area contributed by atoms with Crippen molar-refractivity contribution in [3.8, 4) is 0 Å². The summed E-state index contributed by atoms with van der Waals surface area (Å²) in [6, 6.07) is 7.70. The van der Waals surface area contributed by atoms with Crippen molar-refractivity contribution in [2.45, 2.75) is 26.8 Å². The van der Waals surface area contributed by atoms with Crippen LogP contribution in [0.4, 0.5) is 5.69 Å². The maximum atomic E-state index is 12.1. The number of nitrogens with one attached hydrogen (secondary N) is 2. The van der Waals surface area contributed by atoms with Gasteiger partial charge in [0.2, 0.25) is 11.8 Å². The molecular formula is C16H23N3O2. The highest BCUT2D eigenvalue weighted by molar-refractivity contribution is 5.93. The number of benzene rings is 1. The topological polar surface area (TPSA) is 61.4 Å². The van der Waals surface area contributed by atoms with Gasteiger partial charge in [0, 0.05) is 32.2 Å². The predicted octanol–water partition coefficient (Wildman–Crippen LogP) is 1.60. The summed E-state index contributed by atoms with van der Waals surface area (Å²) < 4.78 is 0. The first-order chi connectivity index (χ1) is 10.1. The van der Waals surface area contributed by atoms with Gasteiger partial charge in [-0.2, -0.15) is 0 Å². The molecule has 1 aliphatic heterocycles. The zero-order valence-corrected chi connectivity index (χ0v) is 12.7. The predicted molar refractivity (Wildman–Crippen MR) is 82.8 cm³/mol. The van der Waals surface area contributed by atoms with Crippen molar-refractivity contribution < 1.29 is 9.59 Å². The summed E-state index contributed by atoms with van der Waals surface area (Å²) in [7, 11) is 0. The van der Waals surface area contributed by atoms with Gasteiger partial charge in [0.25, 0.3) is 0 Å². The summed E-state index contributed by atoms with van der Waals surface area (Å²) in [5.41, 5.74) is 1.82. The number of nitrogens with zero attached hydrogens (tertiary/aromatic N) is 1. The molecule has 1 atom stereocenters. The molecule has 1 heterocycles. The summed E-state index contributed by atoms with van der Waals surface area (Å²) in [5.74, 6) is 0.179. The van der Waals surface area contributed by atoms with Gasteiger partial charge in [-0.3, -0.25) is 9.59 Å². The highest BCUT2D eigenvalue weighted by atomic mass is 16.2. The molecule has 1 aromatic carbocycles. The number of carbonyl (C=O) groups excluding carboxylic acids is 2. The summed E-state index contributed by atoms with van der Waals surface area (Å²) in [6.07, 6.45) is 0.888. The summed E-state index contributed by atoms with van der Waals surface area (Å²) in [4.78, 5) is 25.3. The van der Waals surface area contributed by atoms with E-state index < -0.39 is 0 Å². The van der Waals surface area contributed by atoms with Crippen molar-refractivity contribution in [2.75, 3.05) is 25.0 Å².